The van der Waals surface area contributed by atoms with Gasteiger partial charge in [-0.15, -0.1) is 0 Å². The number of hydrogen-bond donors (Lipinski definition) is 3. The lowest BCUT2D eigenvalue weighted by atomic mass is 10.2. The van der Waals surface area contributed by atoms with Gasteiger partial charge in [0.25, 0.3) is 0 Å². The summed E-state index contributed by atoms with van der Waals surface area (Å²) in [5, 5.41) is 13.1. The van der Waals surface area contributed by atoms with Crippen LogP contribution in [-0.2, 0) is 11.3 Å². The molecule has 0 fully saturated rings. The highest BCUT2D eigenvalue weighted by atomic mass is 16.3. The van der Waals surface area contributed by atoms with Gasteiger partial charge >= 0.3 is 0 Å². The van der Waals surface area contributed by atoms with Crippen molar-refractivity contribution in [3.63, 3.8) is 0 Å². The summed E-state index contributed by atoms with van der Waals surface area (Å²) in [4.78, 5) is 10.6. The average Bonchev–Trinajstić information content (AvgIpc) is 2.71. The summed E-state index contributed by atoms with van der Waals surface area (Å²) in [5.74, 6) is 0.0185. The Kier molecular flexibility index (Phi) is 3.41. The molecule has 1 unspecified atom stereocenters. The van der Waals surface area contributed by atoms with E-state index in [0.717, 1.165) is 16.7 Å². The molecular formula is C12H14N2O3. The molecule has 1 atom stereocenters. The van der Waals surface area contributed by atoms with Gasteiger partial charge in [0.15, 0.2) is 0 Å². The number of fused-ring (bicyclic) bond motifs is 1. The summed E-state index contributed by atoms with van der Waals surface area (Å²) in [7, 11) is 0. The number of carbonyl (C=O) groups is 1. The summed E-state index contributed by atoms with van der Waals surface area (Å²) in [6, 6.07) is 9.60. The zero-order valence-electron chi connectivity index (χ0n) is 9.22. The summed E-state index contributed by atoms with van der Waals surface area (Å²) in [6.45, 7) is 0.561. The number of furan rings is 1. The number of carbonyl (C=O) groups excluding carboxylic acids is 1. The van der Waals surface area contributed by atoms with Crippen molar-refractivity contribution in [2.24, 2.45) is 5.73 Å². The van der Waals surface area contributed by atoms with Crippen molar-refractivity contribution >= 4 is 16.9 Å². The van der Waals surface area contributed by atoms with E-state index in [2.05, 4.69) is 5.32 Å². The summed E-state index contributed by atoms with van der Waals surface area (Å²) < 4.78 is 5.55. The third-order valence-corrected chi connectivity index (χ3v) is 2.44. The number of para-hydroxylation sites is 1. The fraction of sp³-hybridized carbons (Fsp3) is 0.250. The van der Waals surface area contributed by atoms with E-state index >= 15 is 0 Å². The van der Waals surface area contributed by atoms with E-state index in [1.54, 1.807) is 0 Å². The third-order valence-electron chi connectivity index (χ3n) is 2.44. The maximum atomic E-state index is 10.6. The molecule has 0 radical (unpaired) electrons. The lowest BCUT2D eigenvalue weighted by Gasteiger charge is -2.06. The van der Waals surface area contributed by atoms with Crippen molar-refractivity contribution in [2.75, 3.05) is 6.54 Å². The SMILES string of the molecule is NC(=O)C(O)CNCc1cc2ccccc2o1. The minimum Gasteiger partial charge on any atom is -0.460 e. The highest BCUT2D eigenvalue weighted by Crippen LogP contribution is 2.18. The third kappa shape index (κ3) is 2.83. The second-order valence-corrected chi connectivity index (χ2v) is 3.80. The molecule has 2 rings (SSSR count). The fourth-order valence-electron chi connectivity index (χ4n) is 1.56. The van der Waals surface area contributed by atoms with Gasteiger partial charge in [-0.1, -0.05) is 18.2 Å². The van der Waals surface area contributed by atoms with Crippen LogP contribution >= 0.6 is 0 Å². The van der Waals surface area contributed by atoms with Gasteiger partial charge in [0, 0.05) is 11.9 Å². The standard InChI is InChI=1S/C12H14N2O3/c13-12(16)10(15)7-14-6-9-5-8-3-1-2-4-11(8)17-9/h1-5,10,14-15H,6-7H2,(H2,13,16). The highest BCUT2D eigenvalue weighted by molar-refractivity contribution is 5.79. The second-order valence-electron chi connectivity index (χ2n) is 3.80. The topological polar surface area (TPSA) is 88.5 Å². The van der Waals surface area contributed by atoms with E-state index in [9.17, 15) is 9.90 Å². The van der Waals surface area contributed by atoms with E-state index in [4.69, 9.17) is 10.2 Å². The van der Waals surface area contributed by atoms with E-state index < -0.39 is 12.0 Å². The van der Waals surface area contributed by atoms with Crippen LogP contribution in [0, 0.1) is 0 Å². The lowest BCUT2D eigenvalue weighted by Crippen LogP contribution is -2.37. The van der Waals surface area contributed by atoms with Gasteiger partial charge in [-0.3, -0.25) is 4.79 Å². The van der Waals surface area contributed by atoms with Crippen LogP contribution in [0.4, 0.5) is 0 Å². The molecule has 1 aromatic heterocycles. The predicted molar refractivity (Wildman–Crippen MR) is 63.1 cm³/mol. The molecule has 2 aromatic rings. The Bertz CT molecular complexity index is 488. The van der Waals surface area contributed by atoms with E-state index in [-0.39, 0.29) is 6.54 Å². The number of hydrogen-bond acceptors (Lipinski definition) is 4. The van der Waals surface area contributed by atoms with Crippen LogP contribution in [0.15, 0.2) is 34.7 Å². The molecule has 0 aliphatic carbocycles. The van der Waals surface area contributed by atoms with Gasteiger partial charge in [-0.05, 0) is 12.1 Å². The Morgan fingerprint density at radius 1 is 1.47 bits per heavy atom. The van der Waals surface area contributed by atoms with Crippen LogP contribution in [-0.4, -0.2) is 23.7 Å². The Balaban J connectivity index is 1.93. The van der Waals surface area contributed by atoms with Gasteiger partial charge in [-0.2, -0.15) is 0 Å². The first-order valence-electron chi connectivity index (χ1n) is 5.32. The van der Waals surface area contributed by atoms with Gasteiger partial charge in [-0.25, -0.2) is 0 Å². The largest absolute Gasteiger partial charge is 0.460 e. The van der Waals surface area contributed by atoms with Crippen LogP contribution in [0.3, 0.4) is 0 Å². The lowest BCUT2D eigenvalue weighted by molar-refractivity contribution is -0.125. The van der Waals surface area contributed by atoms with Crippen LogP contribution in [0.2, 0.25) is 0 Å². The smallest absolute Gasteiger partial charge is 0.247 e. The number of rotatable bonds is 5. The molecular weight excluding hydrogens is 220 g/mol. The number of nitrogens with one attached hydrogen (secondary N) is 1. The van der Waals surface area contributed by atoms with Crippen LogP contribution in [0.25, 0.3) is 11.0 Å². The summed E-state index contributed by atoms with van der Waals surface area (Å²) in [5.41, 5.74) is 5.74. The molecule has 0 bridgehead atoms. The summed E-state index contributed by atoms with van der Waals surface area (Å²) >= 11 is 0. The predicted octanol–water partition coefficient (Wildman–Crippen LogP) is 0.369. The molecule has 1 heterocycles. The maximum absolute atomic E-state index is 10.6. The number of benzene rings is 1. The van der Waals surface area contributed by atoms with Crippen LogP contribution in [0.1, 0.15) is 5.76 Å². The number of aliphatic hydroxyl groups excluding tert-OH is 1. The van der Waals surface area contributed by atoms with Crippen molar-refractivity contribution in [1.82, 2.24) is 5.32 Å². The minimum absolute atomic E-state index is 0.117. The van der Waals surface area contributed by atoms with E-state index in [0.29, 0.717) is 6.54 Å². The first-order chi connectivity index (χ1) is 8.16. The zero-order valence-corrected chi connectivity index (χ0v) is 9.22. The first-order valence-corrected chi connectivity index (χ1v) is 5.32. The molecule has 0 aliphatic rings. The molecule has 5 heteroatoms. The van der Waals surface area contributed by atoms with Crippen LogP contribution < -0.4 is 11.1 Å². The Labute approximate surface area is 98.2 Å². The van der Waals surface area contributed by atoms with E-state index in [1.165, 1.54) is 0 Å². The van der Waals surface area contributed by atoms with Gasteiger partial charge in [0.2, 0.25) is 5.91 Å². The monoisotopic (exact) mass is 234 g/mol. The van der Waals surface area contributed by atoms with Crippen molar-refractivity contribution in [1.29, 1.82) is 0 Å². The molecule has 5 nitrogen and oxygen atoms in total. The Morgan fingerprint density at radius 3 is 2.94 bits per heavy atom. The molecule has 1 aromatic carbocycles. The van der Waals surface area contributed by atoms with Crippen molar-refractivity contribution in [3.8, 4) is 0 Å². The van der Waals surface area contributed by atoms with Crippen molar-refractivity contribution in [3.05, 3.63) is 36.1 Å². The molecule has 0 saturated heterocycles. The van der Waals surface area contributed by atoms with Crippen LogP contribution in [0.5, 0.6) is 0 Å². The highest BCUT2D eigenvalue weighted by Gasteiger charge is 2.10. The Hall–Kier alpha value is -1.85. The first kappa shape index (κ1) is 11.6. The molecule has 0 aliphatic heterocycles. The normalized spacial score (nSPS) is 12.8. The molecule has 17 heavy (non-hydrogen) atoms. The number of primary amides is 1. The second kappa shape index (κ2) is 4.99. The quantitative estimate of drug-likeness (QED) is 0.697. The zero-order chi connectivity index (χ0) is 12.3. The van der Waals surface area contributed by atoms with Gasteiger partial charge in [0.1, 0.15) is 17.4 Å². The number of aliphatic hydroxyl groups is 1. The molecule has 0 saturated carbocycles. The molecule has 1 amide bonds. The number of nitrogens with two attached hydrogens (primary N) is 1. The van der Waals surface area contributed by atoms with Crippen molar-refractivity contribution in [2.45, 2.75) is 12.6 Å². The average molecular weight is 234 g/mol. The molecule has 0 spiro atoms. The van der Waals surface area contributed by atoms with Gasteiger partial charge < -0.3 is 20.6 Å². The fourth-order valence-corrected chi connectivity index (χ4v) is 1.56. The van der Waals surface area contributed by atoms with Gasteiger partial charge in [0.05, 0.1) is 6.54 Å². The van der Waals surface area contributed by atoms with E-state index in [1.807, 2.05) is 30.3 Å². The maximum Gasteiger partial charge on any atom is 0.247 e. The minimum atomic E-state index is -1.17. The summed E-state index contributed by atoms with van der Waals surface area (Å²) in [6.07, 6.45) is -1.17. The number of amides is 1. The Morgan fingerprint density at radius 2 is 2.24 bits per heavy atom. The molecule has 4 N–H and O–H groups in total. The molecule has 90 valence electrons. The van der Waals surface area contributed by atoms with Crippen molar-refractivity contribution < 1.29 is 14.3 Å².